The van der Waals surface area contributed by atoms with Gasteiger partial charge in [0, 0.05) is 0 Å². The van der Waals surface area contributed by atoms with E-state index in [9.17, 15) is 33.0 Å². The van der Waals surface area contributed by atoms with Crippen LogP contribution in [0.3, 0.4) is 0 Å². The fourth-order valence-electron chi connectivity index (χ4n) is 3.25. The van der Waals surface area contributed by atoms with E-state index in [1.807, 2.05) is 0 Å². The molecular weight excluding hydrogens is 406 g/mol. The van der Waals surface area contributed by atoms with Crippen LogP contribution in [0.1, 0.15) is 16.7 Å². The van der Waals surface area contributed by atoms with Gasteiger partial charge < -0.3 is 19.8 Å². The smallest absolute Gasteiger partial charge is 0.416 e. The third-order valence-electron chi connectivity index (χ3n) is 4.84. The summed E-state index contributed by atoms with van der Waals surface area (Å²) in [6.07, 6.45) is -5.78. The Kier molecular flexibility index (Phi) is 5.57. The van der Waals surface area contributed by atoms with Gasteiger partial charge in [-0.3, -0.25) is 0 Å². The van der Waals surface area contributed by atoms with Gasteiger partial charge in [-0.25, -0.2) is 4.39 Å². The zero-order valence-electron chi connectivity index (χ0n) is 15.3. The highest BCUT2D eigenvalue weighted by Crippen LogP contribution is 2.36. The molecule has 3 rings (SSSR count). The molecule has 1 aliphatic heterocycles. The van der Waals surface area contributed by atoms with Gasteiger partial charge in [-0.1, -0.05) is 0 Å². The van der Waals surface area contributed by atoms with Crippen molar-refractivity contribution in [2.75, 3.05) is 24.6 Å². The van der Waals surface area contributed by atoms with E-state index in [0.717, 1.165) is 18.2 Å². The van der Waals surface area contributed by atoms with Gasteiger partial charge in [-0.05, 0) is 36.4 Å². The van der Waals surface area contributed by atoms with Crippen LogP contribution in [0, 0.1) is 28.5 Å². The van der Waals surface area contributed by atoms with Crippen molar-refractivity contribution in [3.05, 3.63) is 58.9 Å². The Bertz CT molecular complexity index is 1050. The van der Waals surface area contributed by atoms with Crippen molar-refractivity contribution in [3.63, 3.8) is 0 Å². The van der Waals surface area contributed by atoms with Gasteiger partial charge >= 0.3 is 6.18 Å². The molecule has 2 atom stereocenters. The summed E-state index contributed by atoms with van der Waals surface area (Å²) in [5, 5.41) is 38.5. The van der Waals surface area contributed by atoms with Crippen LogP contribution < -0.4 is 9.64 Å². The Balaban J connectivity index is 1.90. The first kappa shape index (κ1) is 21.4. The molecule has 1 aliphatic rings. The molecule has 0 unspecified atom stereocenters. The molecule has 0 spiro atoms. The lowest BCUT2D eigenvalue weighted by molar-refractivity contribution is -0.137. The Morgan fingerprint density at radius 2 is 1.90 bits per heavy atom. The number of aliphatic hydroxyl groups excluding tert-OH is 1. The van der Waals surface area contributed by atoms with E-state index in [4.69, 9.17) is 10.00 Å². The van der Waals surface area contributed by atoms with Crippen molar-refractivity contribution in [2.24, 2.45) is 0 Å². The molecule has 1 fully saturated rings. The number of anilines is 1. The maximum absolute atomic E-state index is 14.2. The molecule has 1 saturated heterocycles. The van der Waals surface area contributed by atoms with Gasteiger partial charge in [-0.2, -0.15) is 23.7 Å². The number of rotatable bonds is 4. The normalized spacial score (nSPS) is 21.2. The molecule has 0 aliphatic carbocycles. The minimum absolute atomic E-state index is 0.0636. The number of hydrogen-bond acceptors (Lipinski definition) is 6. The molecule has 6 nitrogen and oxygen atoms in total. The average molecular weight is 421 g/mol. The highest BCUT2D eigenvalue weighted by molar-refractivity contribution is 5.62. The molecule has 0 radical (unpaired) electrons. The molecular formula is C20H15F4N3O3. The van der Waals surface area contributed by atoms with E-state index >= 15 is 0 Å². The molecule has 10 heteroatoms. The second-order valence-electron chi connectivity index (χ2n) is 6.85. The molecule has 156 valence electrons. The van der Waals surface area contributed by atoms with Gasteiger partial charge in [0.25, 0.3) is 0 Å². The summed E-state index contributed by atoms with van der Waals surface area (Å²) in [6, 6.07) is 9.54. The number of aliphatic hydroxyl groups is 2. The van der Waals surface area contributed by atoms with E-state index in [1.165, 1.54) is 17.0 Å². The van der Waals surface area contributed by atoms with Crippen LogP contribution in [-0.2, 0) is 6.18 Å². The Morgan fingerprint density at radius 1 is 1.17 bits per heavy atom. The van der Waals surface area contributed by atoms with Crippen molar-refractivity contribution in [1.82, 2.24) is 0 Å². The van der Waals surface area contributed by atoms with Crippen molar-refractivity contribution >= 4 is 5.69 Å². The predicted molar refractivity (Wildman–Crippen MR) is 95.9 cm³/mol. The summed E-state index contributed by atoms with van der Waals surface area (Å²) < 4.78 is 58.4. The standard InChI is InChI=1S/C20H15F4N3O3/c21-15-5-12(7-25)1-4-17(15)30-18-9-27(10-19(18,29)11-28)16-3-2-14(20(22,23)24)6-13(16)8-26/h1-6,18,28-29H,9-11H2/t18-,19-/m0/s1. The monoisotopic (exact) mass is 421 g/mol. The lowest BCUT2D eigenvalue weighted by Crippen LogP contribution is -2.48. The van der Waals surface area contributed by atoms with Crippen molar-refractivity contribution in [2.45, 2.75) is 17.9 Å². The first-order valence-electron chi connectivity index (χ1n) is 8.67. The van der Waals surface area contributed by atoms with Gasteiger partial charge in [0.1, 0.15) is 17.8 Å². The number of halogens is 4. The summed E-state index contributed by atoms with van der Waals surface area (Å²) >= 11 is 0. The minimum atomic E-state index is -4.63. The van der Waals surface area contributed by atoms with Crippen molar-refractivity contribution in [1.29, 1.82) is 10.5 Å². The summed E-state index contributed by atoms with van der Waals surface area (Å²) in [6.45, 7) is -1.16. The van der Waals surface area contributed by atoms with Gasteiger partial charge in [0.05, 0.1) is 48.1 Å². The average Bonchev–Trinajstić information content (AvgIpc) is 3.05. The maximum Gasteiger partial charge on any atom is 0.416 e. The molecule has 0 bridgehead atoms. The first-order valence-corrected chi connectivity index (χ1v) is 8.67. The van der Waals surface area contributed by atoms with Gasteiger partial charge in [-0.15, -0.1) is 0 Å². The number of hydrogen-bond donors (Lipinski definition) is 2. The Hall–Kier alpha value is -3.34. The minimum Gasteiger partial charge on any atom is -0.482 e. The number of alkyl halides is 3. The lowest BCUT2D eigenvalue weighted by atomic mass is 10.0. The molecule has 0 amide bonds. The molecule has 1 heterocycles. The molecule has 2 aromatic carbocycles. The lowest BCUT2D eigenvalue weighted by Gasteiger charge is -2.27. The number of nitrogens with zero attached hydrogens (tertiary/aromatic N) is 3. The molecule has 30 heavy (non-hydrogen) atoms. The number of benzene rings is 2. The highest BCUT2D eigenvalue weighted by Gasteiger charge is 2.48. The fraction of sp³-hybridized carbons (Fsp3) is 0.300. The molecule has 0 saturated carbocycles. The zero-order valence-corrected chi connectivity index (χ0v) is 15.3. The van der Waals surface area contributed by atoms with Crippen LogP contribution in [0.25, 0.3) is 0 Å². The van der Waals surface area contributed by atoms with Crippen LogP contribution >= 0.6 is 0 Å². The molecule has 2 aromatic rings. The quantitative estimate of drug-likeness (QED) is 0.736. The van der Waals surface area contributed by atoms with Crippen LogP contribution in [0.4, 0.5) is 23.2 Å². The van der Waals surface area contributed by atoms with Crippen LogP contribution in [-0.4, -0.2) is 41.6 Å². The van der Waals surface area contributed by atoms with E-state index in [1.54, 1.807) is 12.1 Å². The van der Waals surface area contributed by atoms with E-state index < -0.39 is 35.9 Å². The maximum atomic E-state index is 14.2. The van der Waals surface area contributed by atoms with E-state index in [-0.39, 0.29) is 35.7 Å². The van der Waals surface area contributed by atoms with Gasteiger partial charge in [0.15, 0.2) is 11.6 Å². The number of β-amino-alcohol motifs (C(OH)–C–C–N with tert-alkyl or cyclic N) is 1. The van der Waals surface area contributed by atoms with Crippen LogP contribution in [0.15, 0.2) is 36.4 Å². The summed E-state index contributed by atoms with van der Waals surface area (Å²) in [7, 11) is 0. The third kappa shape index (κ3) is 4.01. The van der Waals surface area contributed by atoms with E-state index in [2.05, 4.69) is 0 Å². The second-order valence-corrected chi connectivity index (χ2v) is 6.85. The molecule has 2 N–H and O–H groups in total. The third-order valence-corrected chi connectivity index (χ3v) is 4.84. The van der Waals surface area contributed by atoms with Crippen molar-refractivity contribution in [3.8, 4) is 17.9 Å². The Morgan fingerprint density at radius 3 is 2.47 bits per heavy atom. The molecule has 0 aromatic heterocycles. The SMILES string of the molecule is N#Cc1ccc(O[C@H]2CN(c3ccc(C(F)(F)F)cc3C#N)C[C@]2(O)CO)c(F)c1. The summed E-state index contributed by atoms with van der Waals surface area (Å²) in [5.41, 5.74) is -2.95. The largest absolute Gasteiger partial charge is 0.482 e. The highest BCUT2D eigenvalue weighted by atomic mass is 19.4. The fourth-order valence-corrected chi connectivity index (χ4v) is 3.25. The first-order chi connectivity index (χ1) is 14.1. The summed E-state index contributed by atoms with van der Waals surface area (Å²) in [4.78, 5) is 1.39. The zero-order chi connectivity index (χ0) is 22.1. The second kappa shape index (κ2) is 7.82. The summed E-state index contributed by atoms with van der Waals surface area (Å²) in [5.74, 6) is -1.11. The predicted octanol–water partition coefficient (Wildman–Crippen LogP) is 2.58. The van der Waals surface area contributed by atoms with Gasteiger partial charge in [0.2, 0.25) is 0 Å². The topological polar surface area (TPSA) is 101 Å². The number of nitriles is 2. The number of ether oxygens (including phenoxy) is 1. The van der Waals surface area contributed by atoms with Crippen LogP contribution in [0.5, 0.6) is 5.75 Å². The van der Waals surface area contributed by atoms with Crippen molar-refractivity contribution < 1.29 is 32.5 Å². The van der Waals surface area contributed by atoms with E-state index in [0.29, 0.717) is 6.07 Å². The van der Waals surface area contributed by atoms with Crippen LogP contribution in [0.2, 0.25) is 0 Å². The Labute approximate surface area is 168 Å².